The summed E-state index contributed by atoms with van der Waals surface area (Å²) in [5.74, 6) is 0.949. The van der Waals surface area contributed by atoms with Crippen LogP contribution in [0.5, 0.6) is 11.5 Å². The fraction of sp³-hybridized carbons (Fsp3) is 0.130. The summed E-state index contributed by atoms with van der Waals surface area (Å²) in [4.78, 5) is 26.6. The van der Waals surface area contributed by atoms with Crippen LogP contribution in [0.15, 0.2) is 77.3 Å². The molecule has 152 valence electrons. The zero-order chi connectivity index (χ0) is 20.9. The molecule has 4 rings (SSSR count). The maximum atomic E-state index is 12.5. The molecule has 0 aromatic heterocycles. The van der Waals surface area contributed by atoms with E-state index in [2.05, 4.69) is 21.2 Å². The summed E-state index contributed by atoms with van der Waals surface area (Å²) in [7, 11) is 0. The van der Waals surface area contributed by atoms with Crippen molar-refractivity contribution in [3.63, 3.8) is 0 Å². The molecule has 0 saturated heterocycles. The summed E-state index contributed by atoms with van der Waals surface area (Å²) in [6, 6.07) is 21.8. The van der Waals surface area contributed by atoms with E-state index in [0.29, 0.717) is 35.8 Å². The van der Waals surface area contributed by atoms with Crippen LogP contribution in [0.25, 0.3) is 0 Å². The van der Waals surface area contributed by atoms with Gasteiger partial charge in [-0.3, -0.25) is 9.59 Å². The number of anilines is 2. The van der Waals surface area contributed by atoms with Gasteiger partial charge in [-0.05, 0) is 54.6 Å². The molecular formula is C23H19BrN2O4. The highest BCUT2D eigenvalue weighted by atomic mass is 79.9. The lowest BCUT2D eigenvalue weighted by Gasteiger charge is -2.29. The predicted octanol–water partition coefficient (Wildman–Crippen LogP) is 4.51. The van der Waals surface area contributed by atoms with Crippen molar-refractivity contribution in [1.82, 2.24) is 0 Å². The van der Waals surface area contributed by atoms with Crippen LogP contribution in [-0.4, -0.2) is 31.6 Å². The topological polar surface area (TPSA) is 67.9 Å². The second kappa shape index (κ2) is 9.00. The smallest absolute Gasteiger partial charge is 0.265 e. The number of hydrogen-bond acceptors (Lipinski definition) is 4. The summed E-state index contributed by atoms with van der Waals surface area (Å²) >= 11 is 3.36. The van der Waals surface area contributed by atoms with Gasteiger partial charge in [-0.2, -0.15) is 0 Å². The van der Waals surface area contributed by atoms with Crippen molar-refractivity contribution in [3.05, 3.63) is 82.8 Å². The largest absolute Gasteiger partial charge is 0.492 e. The number of ether oxygens (including phenoxy) is 2. The molecule has 2 amide bonds. The van der Waals surface area contributed by atoms with E-state index in [9.17, 15) is 9.59 Å². The van der Waals surface area contributed by atoms with E-state index in [0.717, 1.165) is 10.2 Å². The number of fused-ring (bicyclic) bond motifs is 1. The number of benzene rings is 3. The van der Waals surface area contributed by atoms with Crippen LogP contribution in [0, 0.1) is 0 Å². The molecule has 1 heterocycles. The van der Waals surface area contributed by atoms with E-state index in [-0.39, 0.29) is 18.4 Å². The van der Waals surface area contributed by atoms with Crippen molar-refractivity contribution >= 4 is 39.1 Å². The maximum Gasteiger partial charge on any atom is 0.265 e. The number of hydrogen-bond donors (Lipinski definition) is 1. The highest BCUT2D eigenvalue weighted by molar-refractivity contribution is 9.10. The summed E-state index contributed by atoms with van der Waals surface area (Å²) in [5.41, 5.74) is 1.72. The molecule has 0 atom stereocenters. The molecule has 0 fully saturated rings. The van der Waals surface area contributed by atoms with Crippen molar-refractivity contribution in [2.75, 3.05) is 30.0 Å². The highest BCUT2D eigenvalue weighted by Gasteiger charge is 2.26. The Morgan fingerprint density at radius 2 is 1.83 bits per heavy atom. The molecule has 0 bridgehead atoms. The van der Waals surface area contributed by atoms with Gasteiger partial charge in [0.2, 0.25) is 0 Å². The molecule has 3 aromatic carbocycles. The van der Waals surface area contributed by atoms with Gasteiger partial charge in [-0.1, -0.05) is 34.1 Å². The normalized spacial score (nSPS) is 12.7. The molecule has 1 N–H and O–H groups in total. The van der Waals surface area contributed by atoms with Gasteiger partial charge in [0.05, 0.1) is 12.2 Å². The van der Waals surface area contributed by atoms with Crippen LogP contribution in [0.2, 0.25) is 0 Å². The Kier molecular flexibility index (Phi) is 5.99. The van der Waals surface area contributed by atoms with E-state index in [1.54, 1.807) is 35.2 Å². The SMILES string of the molecule is O=C(Nc1ccc2c(c1)N(CCOc1ccccc1)C(=O)CO2)c1ccc(Br)cc1. The summed E-state index contributed by atoms with van der Waals surface area (Å²) in [6.45, 7) is 0.682. The van der Waals surface area contributed by atoms with Crippen molar-refractivity contribution in [2.24, 2.45) is 0 Å². The van der Waals surface area contributed by atoms with Crippen LogP contribution < -0.4 is 19.7 Å². The molecule has 0 saturated carbocycles. The van der Waals surface area contributed by atoms with Crippen molar-refractivity contribution in [2.45, 2.75) is 0 Å². The summed E-state index contributed by atoms with van der Waals surface area (Å²) in [6.07, 6.45) is 0. The molecule has 0 radical (unpaired) electrons. The number of para-hydroxylation sites is 1. The predicted molar refractivity (Wildman–Crippen MR) is 118 cm³/mol. The van der Waals surface area contributed by atoms with Gasteiger partial charge < -0.3 is 19.7 Å². The van der Waals surface area contributed by atoms with Gasteiger partial charge >= 0.3 is 0 Å². The molecule has 0 aliphatic carbocycles. The van der Waals surface area contributed by atoms with Gasteiger partial charge in [0.25, 0.3) is 11.8 Å². The molecule has 7 heteroatoms. The fourth-order valence-electron chi connectivity index (χ4n) is 3.10. The Morgan fingerprint density at radius 1 is 1.07 bits per heavy atom. The van der Waals surface area contributed by atoms with E-state index in [1.807, 2.05) is 42.5 Å². The van der Waals surface area contributed by atoms with Gasteiger partial charge in [0.15, 0.2) is 6.61 Å². The lowest BCUT2D eigenvalue weighted by Crippen LogP contribution is -2.41. The number of nitrogens with zero attached hydrogens (tertiary/aromatic N) is 1. The van der Waals surface area contributed by atoms with Crippen LogP contribution >= 0.6 is 15.9 Å². The van der Waals surface area contributed by atoms with E-state index in [1.165, 1.54) is 0 Å². The van der Waals surface area contributed by atoms with E-state index in [4.69, 9.17) is 9.47 Å². The number of carbonyl (C=O) groups excluding carboxylic acids is 2. The molecule has 1 aliphatic heterocycles. The third kappa shape index (κ3) is 4.63. The van der Waals surface area contributed by atoms with Crippen LogP contribution in [-0.2, 0) is 4.79 Å². The molecule has 1 aliphatic rings. The number of halogens is 1. The fourth-order valence-corrected chi connectivity index (χ4v) is 3.37. The van der Waals surface area contributed by atoms with E-state index < -0.39 is 0 Å². The minimum Gasteiger partial charge on any atom is -0.492 e. The van der Waals surface area contributed by atoms with Crippen molar-refractivity contribution in [3.8, 4) is 11.5 Å². The van der Waals surface area contributed by atoms with Crippen LogP contribution in [0.4, 0.5) is 11.4 Å². The summed E-state index contributed by atoms with van der Waals surface area (Å²) < 4.78 is 12.2. The van der Waals surface area contributed by atoms with Crippen molar-refractivity contribution in [1.29, 1.82) is 0 Å². The third-order valence-electron chi connectivity index (χ3n) is 4.59. The standard InChI is InChI=1S/C23H19BrN2O4/c24-17-8-6-16(7-9-17)23(28)25-18-10-11-21-20(14-18)26(22(27)15-30-21)12-13-29-19-4-2-1-3-5-19/h1-11,14H,12-13,15H2,(H,25,28). The first-order valence-corrected chi connectivity index (χ1v) is 10.2. The Morgan fingerprint density at radius 3 is 2.60 bits per heavy atom. The number of rotatable bonds is 6. The maximum absolute atomic E-state index is 12.5. The van der Waals surface area contributed by atoms with Gasteiger partial charge in [-0.15, -0.1) is 0 Å². The first-order chi connectivity index (χ1) is 14.6. The average molecular weight is 467 g/mol. The second-order valence-electron chi connectivity index (χ2n) is 6.64. The quantitative estimate of drug-likeness (QED) is 0.580. The number of nitrogens with one attached hydrogen (secondary N) is 1. The number of amides is 2. The van der Waals surface area contributed by atoms with Gasteiger partial charge in [0.1, 0.15) is 18.1 Å². The first-order valence-electron chi connectivity index (χ1n) is 9.42. The Labute approximate surface area is 182 Å². The zero-order valence-electron chi connectivity index (χ0n) is 16.0. The number of carbonyl (C=O) groups is 2. The van der Waals surface area contributed by atoms with Crippen LogP contribution in [0.3, 0.4) is 0 Å². The summed E-state index contributed by atoms with van der Waals surface area (Å²) in [5, 5.41) is 2.87. The molecular weight excluding hydrogens is 448 g/mol. The van der Waals surface area contributed by atoms with Gasteiger partial charge in [-0.25, -0.2) is 0 Å². The second-order valence-corrected chi connectivity index (χ2v) is 7.55. The molecule has 6 nitrogen and oxygen atoms in total. The Hall–Kier alpha value is -3.32. The third-order valence-corrected chi connectivity index (χ3v) is 5.12. The lowest BCUT2D eigenvalue weighted by atomic mass is 10.2. The molecule has 0 spiro atoms. The molecule has 0 unspecified atom stereocenters. The molecule has 30 heavy (non-hydrogen) atoms. The van der Waals surface area contributed by atoms with Gasteiger partial charge in [0, 0.05) is 15.7 Å². The van der Waals surface area contributed by atoms with Crippen molar-refractivity contribution < 1.29 is 19.1 Å². The van der Waals surface area contributed by atoms with Crippen LogP contribution in [0.1, 0.15) is 10.4 Å². The van der Waals surface area contributed by atoms with E-state index >= 15 is 0 Å². The monoisotopic (exact) mass is 466 g/mol. The average Bonchev–Trinajstić information content (AvgIpc) is 2.76. The highest BCUT2D eigenvalue weighted by Crippen LogP contribution is 2.34. The first kappa shape index (κ1) is 20.0. The minimum atomic E-state index is -0.232. The Bertz CT molecular complexity index is 1050. The Balaban J connectivity index is 1.48. The minimum absolute atomic E-state index is 0.0249. The molecule has 3 aromatic rings. The lowest BCUT2D eigenvalue weighted by molar-refractivity contribution is -0.121. The zero-order valence-corrected chi connectivity index (χ0v) is 17.6.